The van der Waals surface area contributed by atoms with Gasteiger partial charge in [-0.05, 0) is 38.5 Å². The second-order valence-corrected chi connectivity index (χ2v) is 6.14. The summed E-state index contributed by atoms with van der Waals surface area (Å²) in [6, 6.07) is 5.36. The summed E-state index contributed by atoms with van der Waals surface area (Å²) in [6.45, 7) is 5.78. The molecule has 1 unspecified atom stereocenters. The van der Waals surface area contributed by atoms with Crippen LogP contribution in [0.25, 0.3) is 0 Å². The van der Waals surface area contributed by atoms with E-state index in [9.17, 15) is 9.59 Å². The number of rotatable bonds is 6. The molecule has 26 heavy (non-hydrogen) atoms. The number of aryl methyl sites for hydroxylation is 2. The lowest BCUT2D eigenvalue weighted by atomic mass is 10.1. The third kappa shape index (κ3) is 3.35. The lowest BCUT2D eigenvalue weighted by Gasteiger charge is -2.25. The van der Waals surface area contributed by atoms with Gasteiger partial charge in [-0.15, -0.1) is 0 Å². The van der Waals surface area contributed by atoms with Gasteiger partial charge in [0.15, 0.2) is 0 Å². The van der Waals surface area contributed by atoms with Gasteiger partial charge in [-0.1, -0.05) is 11.2 Å². The van der Waals surface area contributed by atoms with Gasteiger partial charge in [-0.2, -0.15) is 0 Å². The number of nitrogens with one attached hydrogen (secondary N) is 1. The second-order valence-electron chi connectivity index (χ2n) is 6.14. The largest absolute Gasteiger partial charge is 0.481 e. The van der Waals surface area contributed by atoms with Crippen LogP contribution in [0.15, 0.2) is 22.7 Å². The first-order chi connectivity index (χ1) is 12.4. The maximum absolute atomic E-state index is 12.1. The van der Waals surface area contributed by atoms with Crippen molar-refractivity contribution < 1.29 is 24.0 Å². The number of hydrogen-bond donors (Lipinski definition) is 2. The highest BCUT2D eigenvalue weighted by Crippen LogP contribution is 2.43. The molecule has 3 rings (SSSR count). The van der Waals surface area contributed by atoms with Gasteiger partial charge in [-0.3, -0.25) is 9.59 Å². The first kappa shape index (κ1) is 17.8. The van der Waals surface area contributed by atoms with Crippen LogP contribution in [0.3, 0.4) is 0 Å². The summed E-state index contributed by atoms with van der Waals surface area (Å²) in [6.07, 6.45) is -0.413. The first-order valence-electron chi connectivity index (χ1n) is 8.37. The van der Waals surface area contributed by atoms with Crippen molar-refractivity contribution in [2.45, 2.75) is 33.4 Å². The molecule has 1 aromatic heterocycles. The van der Waals surface area contributed by atoms with Crippen molar-refractivity contribution in [3.05, 3.63) is 40.8 Å². The number of carbonyl (C=O) groups excluding carboxylic acids is 1. The summed E-state index contributed by atoms with van der Waals surface area (Å²) in [4.78, 5) is 25.0. The number of hydrogen-bond acceptors (Lipinski definition) is 7. The quantitative estimate of drug-likeness (QED) is 0.758. The number of fused-ring (bicyclic) bond motifs is 1. The number of carboxylic acid groups (broad SMARTS) is 1. The van der Waals surface area contributed by atoms with Crippen LogP contribution in [0.4, 0.5) is 11.4 Å². The minimum absolute atomic E-state index is 0.0564. The zero-order valence-corrected chi connectivity index (χ0v) is 14.9. The van der Waals surface area contributed by atoms with E-state index in [0.717, 1.165) is 22.6 Å². The normalized spacial score (nSPS) is 15.5. The van der Waals surface area contributed by atoms with E-state index in [1.165, 1.54) is 0 Å². The molecule has 2 N–H and O–H groups in total. The Morgan fingerprint density at radius 2 is 2.15 bits per heavy atom. The molecular formula is C18H21N3O5. The summed E-state index contributed by atoms with van der Waals surface area (Å²) in [5.41, 5.74) is 3.83. The number of carbonyl (C=O) groups is 2. The average Bonchev–Trinajstić information content (AvgIpc) is 3.07. The van der Waals surface area contributed by atoms with Crippen LogP contribution in [-0.4, -0.2) is 35.4 Å². The van der Waals surface area contributed by atoms with Crippen LogP contribution in [0.2, 0.25) is 0 Å². The molecule has 2 aromatic rings. The van der Waals surface area contributed by atoms with Crippen molar-refractivity contribution in [1.29, 1.82) is 0 Å². The van der Waals surface area contributed by atoms with Crippen molar-refractivity contribution in [2.75, 3.05) is 23.4 Å². The van der Waals surface area contributed by atoms with Gasteiger partial charge in [0.2, 0.25) is 0 Å². The fourth-order valence-corrected chi connectivity index (χ4v) is 3.23. The molecular weight excluding hydrogens is 338 g/mol. The van der Waals surface area contributed by atoms with E-state index in [1.54, 1.807) is 19.1 Å². The number of aliphatic carboxylic acids is 1. The smallest absolute Gasteiger partial charge is 0.325 e. The molecule has 8 nitrogen and oxygen atoms in total. The molecule has 1 atom stereocenters. The zero-order chi connectivity index (χ0) is 18.8. The number of esters is 1. The topological polar surface area (TPSA) is 105 Å². The van der Waals surface area contributed by atoms with E-state index in [-0.39, 0.29) is 25.1 Å². The Bertz CT molecular complexity index is 826. The third-order valence-corrected chi connectivity index (χ3v) is 4.30. The lowest BCUT2D eigenvalue weighted by molar-refractivity contribution is -0.141. The Morgan fingerprint density at radius 3 is 2.77 bits per heavy atom. The SMILES string of the molecule is CCOC(=O)CN1c2ccc(CC(=O)O)cc2NC1c1c(C)noc1C. The van der Waals surface area contributed by atoms with Gasteiger partial charge < -0.3 is 24.6 Å². The summed E-state index contributed by atoms with van der Waals surface area (Å²) in [5, 5.41) is 16.4. The Kier molecular flexibility index (Phi) is 4.83. The van der Waals surface area contributed by atoms with Crippen LogP contribution >= 0.6 is 0 Å². The van der Waals surface area contributed by atoms with Crippen molar-refractivity contribution in [2.24, 2.45) is 0 Å². The van der Waals surface area contributed by atoms with E-state index in [2.05, 4.69) is 10.5 Å². The van der Waals surface area contributed by atoms with Gasteiger partial charge in [0, 0.05) is 0 Å². The predicted molar refractivity (Wildman–Crippen MR) is 94.1 cm³/mol. The summed E-state index contributed by atoms with van der Waals surface area (Å²) in [7, 11) is 0. The monoisotopic (exact) mass is 359 g/mol. The minimum atomic E-state index is -0.895. The molecule has 1 aliphatic rings. The first-order valence-corrected chi connectivity index (χ1v) is 8.37. The highest BCUT2D eigenvalue weighted by atomic mass is 16.5. The number of benzene rings is 1. The Balaban J connectivity index is 1.98. The lowest BCUT2D eigenvalue weighted by Crippen LogP contribution is -2.34. The maximum atomic E-state index is 12.1. The molecule has 138 valence electrons. The van der Waals surface area contributed by atoms with Crippen molar-refractivity contribution in [3.63, 3.8) is 0 Å². The van der Waals surface area contributed by atoms with Gasteiger partial charge in [0.05, 0.1) is 35.7 Å². The van der Waals surface area contributed by atoms with Crippen molar-refractivity contribution >= 4 is 23.3 Å². The average molecular weight is 359 g/mol. The molecule has 0 saturated carbocycles. The number of aromatic nitrogens is 1. The van der Waals surface area contributed by atoms with Crippen LogP contribution in [-0.2, 0) is 20.7 Å². The van der Waals surface area contributed by atoms with E-state index in [4.69, 9.17) is 14.4 Å². The van der Waals surface area contributed by atoms with E-state index in [0.29, 0.717) is 17.9 Å². The number of ether oxygens (including phenoxy) is 1. The summed E-state index contributed by atoms with van der Waals surface area (Å²) < 4.78 is 10.4. The second kappa shape index (κ2) is 7.07. The van der Waals surface area contributed by atoms with Gasteiger partial charge in [0.1, 0.15) is 18.5 Å². The molecule has 1 aromatic carbocycles. The molecule has 0 amide bonds. The maximum Gasteiger partial charge on any atom is 0.325 e. The molecule has 0 aliphatic carbocycles. The minimum Gasteiger partial charge on any atom is -0.481 e. The van der Waals surface area contributed by atoms with Crippen molar-refractivity contribution in [3.8, 4) is 0 Å². The molecule has 8 heteroatoms. The molecule has 0 fully saturated rings. The van der Waals surface area contributed by atoms with Crippen molar-refractivity contribution in [1.82, 2.24) is 5.16 Å². The van der Waals surface area contributed by atoms with Crippen LogP contribution in [0.5, 0.6) is 0 Å². The number of anilines is 2. The Morgan fingerprint density at radius 1 is 1.38 bits per heavy atom. The highest BCUT2D eigenvalue weighted by Gasteiger charge is 2.35. The van der Waals surface area contributed by atoms with E-state index < -0.39 is 5.97 Å². The van der Waals surface area contributed by atoms with Gasteiger partial charge >= 0.3 is 11.9 Å². The number of nitrogens with zero attached hydrogens (tertiary/aromatic N) is 2. The van der Waals surface area contributed by atoms with Gasteiger partial charge in [0.25, 0.3) is 0 Å². The standard InChI is InChI=1S/C18H21N3O5/c1-4-25-16(24)9-21-14-6-5-12(8-15(22)23)7-13(14)19-18(21)17-10(2)20-26-11(17)3/h5-7,18-19H,4,8-9H2,1-3H3,(H,22,23). The number of carboxylic acids is 1. The fraction of sp³-hybridized carbons (Fsp3) is 0.389. The molecule has 0 spiro atoms. The molecule has 0 radical (unpaired) electrons. The Labute approximate surface area is 150 Å². The van der Waals surface area contributed by atoms with Crippen LogP contribution in [0.1, 0.15) is 35.7 Å². The zero-order valence-electron chi connectivity index (χ0n) is 14.9. The van der Waals surface area contributed by atoms with Crippen LogP contribution < -0.4 is 10.2 Å². The van der Waals surface area contributed by atoms with Crippen LogP contribution in [0, 0.1) is 13.8 Å². The fourth-order valence-electron chi connectivity index (χ4n) is 3.23. The molecule has 0 bridgehead atoms. The van der Waals surface area contributed by atoms with E-state index >= 15 is 0 Å². The molecule has 2 heterocycles. The Hall–Kier alpha value is -3.03. The summed E-state index contributed by atoms with van der Waals surface area (Å²) >= 11 is 0. The third-order valence-electron chi connectivity index (χ3n) is 4.30. The highest BCUT2D eigenvalue weighted by molar-refractivity contribution is 5.84. The molecule has 0 saturated heterocycles. The van der Waals surface area contributed by atoms with Gasteiger partial charge in [-0.25, -0.2) is 0 Å². The van der Waals surface area contributed by atoms with E-state index in [1.807, 2.05) is 24.8 Å². The summed E-state index contributed by atoms with van der Waals surface area (Å²) in [5.74, 6) is -0.574. The predicted octanol–water partition coefficient (Wildman–Crippen LogP) is 2.41. The molecule has 1 aliphatic heterocycles.